The van der Waals surface area contributed by atoms with Gasteiger partial charge in [-0.1, -0.05) is 23.7 Å². The highest BCUT2D eigenvalue weighted by Crippen LogP contribution is 2.19. The molecule has 1 aromatic heterocycles. The maximum atomic E-state index is 13.9. The van der Waals surface area contributed by atoms with Gasteiger partial charge in [-0.3, -0.25) is 14.2 Å². The van der Waals surface area contributed by atoms with Gasteiger partial charge >= 0.3 is 11.1 Å². The molecule has 3 aromatic rings. The average Bonchev–Trinajstić information content (AvgIpc) is 2.54. The largest absolute Gasteiger partial charge is 0.320 e. The minimum absolute atomic E-state index is 0.104. The van der Waals surface area contributed by atoms with Crippen molar-refractivity contribution in [2.45, 2.75) is 20.4 Å². The highest BCUT2D eigenvalue weighted by atomic mass is 35.5. The summed E-state index contributed by atoms with van der Waals surface area (Å²) in [4.78, 5) is 24.9. The Labute approximate surface area is 148 Å². The van der Waals surface area contributed by atoms with Crippen molar-refractivity contribution in [2.75, 3.05) is 0 Å². The molecule has 128 valence electrons. The molecule has 0 radical (unpaired) electrons. The fourth-order valence-electron chi connectivity index (χ4n) is 2.78. The number of aryl methyl sites for hydroxylation is 2. The molecule has 6 heteroatoms. The maximum absolute atomic E-state index is 13.9. The summed E-state index contributed by atoms with van der Waals surface area (Å²) in [7, 11) is 0. The van der Waals surface area contributed by atoms with Crippen LogP contribution in [0.5, 0.6) is 0 Å². The summed E-state index contributed by atoms with van der Waals surface area (Å²) >= 11 is 5.99. The summed E-state index contributed by atoms with van der Waals surface area (Å²) in [6.07, 6.45) is 2.97. The summed E-state index contributed by atoms with van der Waals surface area (Å²) in [5.41, 5.74) is 1.35. The van der Waals surface area contributed by atoms with Crippen LogP contribution in [0.25, 0.3) is 5.69 Å². The van der Waals surface area contributed by atoms with E-state index in [0.29, 0.717) is 5.69 Å². The second-order valence-corrected chi connectivity index (χ2v) is 6.36. The molecule has 1 heterocycles. The molecule has 0 bridgehead atoms. The molecule has 25 heavy (non-hydrogen) atoms. The summed E-state index contributed by atoms with van der Waals surface area (Å²) in [6.45, 7) is 3.74. The van der Waals surface area contributed by atoms with Gasteiger partial charge in [-0.25, -0.2) is 4.39 Å². The highest BCUT2D eigenvalue weighted by molar-refractivity contribution is 6.31. The Kier molecular flexibility index (Phi) is 4.59. The lowest BCUT2D eigenvalue weighted by atomic mass is 10.1. The Morgan fingerprint density at radius 3 is 2.32 bits per heavy atom. The monoisotopic (exact) mass is 358 g/mol. The van der Waals surface area contributed by atoms with Gasteiger partial charge in [-0.2, -0.15) is 0 Å². The van der Waals surface area contributed by atoms with E-state index in [1.54, 1.807) is 6.07 Å². The maximum Gasteiger partial charge on any atom is 0.320 e. The molecule has 0 saturated carbocycles. The topological polar surface area (TPSA) is 44.0 Å². The van der Waals surface area contributed by atoms with Crippen LogP contribution in [0.15, 0.2) is 58.4 Å². The smallest absolute Gasteiger partial charge is 0.305 e. The van der Waals surface area contributed by atoms with Crippen molar-refractivity contribution in [3.05, 3.63) is 97.0 Å². The molecule has 0 atom stereocenters. The van der Waals surface area contributed by atoms with Crippen molar-refractivity contribution in [1.82, 2.24) is 9.13 Å². The van der Waals surface area contributed by atoms with Gasteiger partial charge in [0.2, 0.25) is 0 Å². The van der Waals surface area contributed by atoms with Crippen LogP contribution in [0.1, 0.15) is 16.7 Å². The Morgan fingerprint density at radius 2 is 1.68 bits per heavy atom. The van der Waals surface area contributed by atoms with Crippen molar-refractivity contribution in [3.63, 3.8) is 0 Å². The Bertz CT molecular complexity index is 1030. The van der Waals surface area contributed by atoms with Gasteiger partial charge in [0, 0.05) is 28.7 Å². The summed E-state index contributed by atoms with van der Waals surface area (Å²) in [5.74, 6) is -0.516. The van der Waals surface area contributed by atoms with Crippen LogP contribution in [-0.4, -0.2) is 9.13 Å². The third-order valence-corrected chi connectivity index (χ3v) is 4.29. The zero-order chi connectivity index (χ0) is 18.1. The van der Waals surface area contributed by atoms with Crippen LogP contribution in [0.4, 0.5) is 4.39 Å². The Balaban J connectivity index is 2.07. The molecule has 4 nitrogen and oxygen atoms in total. The van der Waals surface area contributed by atoms with Gasteiger partial charge < -0.3 is 4.57 Å². The first kappa shape index (κ1) is 17.2. The van der Waals surface area contributed by atoms with Crippen LogP contribution in [-0.2, 0) is 6.54 Å². The normalized spacial score (nSPS) is 10.9. The first-order valence-electron chi connectivity index (χ1n) is 7.70. The number of hydrogen-bond acceptors (Lipinski definition) is 2. The predicted octanol–water partition coefficient (Wildman–Crippen LogP) is 3.46. The second kappa shape index (κ2) is 6.69. The molecule has 0 N–H and O–H groups in total. The quantitative estimate of drug-likeness (QED) is 0.673. The van der Waals surface area contributed by atoms with E-state index >= 15 is 0 Å². The van der Waals surface area contributed by atoms with E-state index in [9.17, 15) is 14.0 Å². The predicted molar refractivity (Wildman–Crippen MR) is 96.3 cm³/mol. The highest BCUT2D eigenvalue weighted by Gasteiger charge is 2.12. The van der Waals surface area contributed by atoms with Crippen molar-refractivity contribution in [2.24, 2.45) is 0 Å². The van der Waals surface area contributed by atoms with Gasteiger partial charge in [-0.15, -0.1) is 0 Å². The van der Waals surface area contributed by atoms with E-state index in [1.165, 1.54) is 29.1 Å². The van der Waals surface area contributed by atoms with E-state index in [1.807, 2.05) is 32.0 Å². The van der Waals surface area contributed by atoms with E-state index in [0.717, 1.165) is 15.7 Å². The molecule has 0 amide bonds. The van der Waals surface area contributed by atoms with Crippen LogP contribution in [0.3, 0.4) is 0 Å². The number of halogens is 2. The third kappa shape index (κ3) is 3.42. The molecule has 0 aliphatic carbocycles. The molecular weight excluding hydrogens is 343 g/mol. The molecule has 0 saturated heterocycles. The van der Waals surface area contributed by atoms with Gasteiger partial charge in [0.05, 0.1) is 6.54 Å². The van der Waals surface area contributed by atoms with Crippen molar-refractivity contribution >= 4 is 11.6 Å². The number of rotatable bonds is 3. The van der Waals surface area contributed by atoms with Crippen molar-refractivity contribution < 1.29 is 4.39 Å². The van der Waals surface area contributed by atoms with E-state index < -0.39 is 16.9 Å². The molecule has 3 rings (SSSR count). The zero-order valence-corrected chi connectivity index (χ0v) is 14.5. The first-order chi connectivity index (χ1) is 11.9. The van der Waals surface area contributed by atoms with Crippen LogP contribution >= 0.6 is 11.6 Å². The lowest BCUT2D eigenvalue weighted by molar-refractivity contribution is 0.593. The molecule has 2 aromatic carbocycles. The number of benzene rings is 2. The van der Waals surface area contributed by atoms with Gasteiger partial charge in [0.25, 0.3) is 0 Å². The molecule has 0 spiro atoms. The minimum atomic E-state index is -0.735. The fourth-order valence-corrected chi connectivity index (χ4v) is 3.00. The standard InChI is InChI=1S/C19H16ClFN2O2/c1-12-8-13(2)10-14(9-12)23-7-6-22(18(24)19(23)25)11-15-16(20)4-3-5-17(15)21/h3-10H,11H2,1-2H3. The average molecular weight is 359 g/mol. The first-order valence-corrected chi connectivity index (χ1v) is 8.08. The fraction of sp³-hybridized carbons (Fsp3) is 0.158. The Morgan fingerprint density at radius 1 is 1.00 bits per heavy atom. The van der Waals surface area contributed by atoms with Crippen molar-refractivity contribution in [3.8, 4) is 5.69 Å². The van der Waals surface area contributed by atoms with Crippen LogP contribution in [0.2, 0.25) is 5.02 Å². The van der Waals surface area contributed by atoms with Crippen LogP contribution in [0, 0.1) is 19.7 Å². The Hall–Kier alpha value is -2.66. The van der Waals surface area contributed by atoms with Crippen molar-refractivity contribution in [1.29, 1.82) is 0 Å². The molecule has 0 unspecified atom stereocenters. The zero-order valence-electron chi connectivity index (χ0n) is 13.8. The van der Waals surface area contributed by atoms with Gasteiger partial charge in [0.15, 0.2) is 0 Å². The van der Waals surface area contributed by atoms with Crippen LogP contribution < -0.4 is 11.1 Å². The molecule has 0 aliphatic rings. The summed E-state index contributed by atoms with van der Waals surface area (Å²) in [6, 6.07) is 9.93. The lowest BCUT2D eigenvalue weighted by Gasteiger charge is -2.11. The summed E-state index contributed by atoms with van der Waals surface area (Å²) in [5, 5.41) is 0.213. The van der Waals surface area contributed by atoms with Gasteiger partial charge in [0.1, 0.15) is 5.82 Å². The molecule has 0 aliphatic heterocycles. The number of nitrogens with zero attached hydrogens (tertiary/aromatic N) is 2. The van der Waals surface area contributed by atoms with E-state index in [2.05, 4.69) is 0 Å². The third-order valence-electron chi connectivity index (χ3n) is 3.93. The molecule has 0 fully saturated rings. The summed E-state index contributed by atoms with van der Waals surface area (Å²) < 4.78 is 16.4. The second-order valence-electron chi connectivity index (χ2n) is 5.95. The SMILES string of the molecule is Cc1cc(C)cc(-n2ccn(Cc3c(F)cccc3Cl)c(=O)c2=O)c1. The molecular formula is C19H16ClFN2O2. The van der Waals surface area contributed by atoms with E-state index in [4.69, 9.17) is 11.6 Å². The number of hydrogen-bond donors (Lipinski definition) is 0. The lowest BCUT2D eigenvalue weighted by Crippen LogP contribution is -2.40. The minimum Gasteiger partial charge on any atom is -0.305 e. The van der Waals surface area contributed by atoms with E-state index in [-0.39, 0.29) is 17.1 Å². The number of aromatic nitrogens is 2. The van der Waals surface area contributed by atoms with Gasteiger partial charge in [-0.05, 0) is 49.2 Å².